The Bertz CT molecular complexity index is 381. The highest BCUT2D eigenvalue weighted by atomic mass is 32.1. The van der Waals surface area contributed by atoms with Crippen LogP contribution >= 0.6 is 11.3 Å². The molecule has 15 heavy (non-hydrogen) atoms. The van der Waals surface area contributed by atoms with Crippen LogP contribution < -0.4 is 4.90 Å². The van der Waals surface area contributed by atoms with E-state index >= 15 is 0 Å². The summed E-state index contributed by atoms with van der Waals surface area (Å²) in [7, 11) is 0. The van der Waals surface area contributed by atoms with E-state index in [1.807, 2.05) is 11.8 Å². The van der Waals surface area contributed by atoms with Crippen LogP contribution in [0.15, 0.2) is 12.1 Å². The zero-order chi connectivity index (χ0) is 11.3. The van der Waals surface area contributed by atoms with Crippen LogP contribution in [0, 0.1) is 11.3 Å². The van der Waals surface area contributed by atoms with Crippen molar-refractivity contribution in [3.8, 4) is 6.07 Å². The number of aromatic carboxylic acids is 1. The van der Waals surface area contributed by atoms with Gasteiger partial charge in [0, 0.05) is 13.1 Å². The van der Waals surface area contributed by atoms with E-state index in [0.717, 1.165) is 11.5 Å². The summed E-state index contributed by atoms with van der Waals surface area (Å²) >= 11 is 1.24. The molecule has 1 N–H and O–H groups in total. The highest BCUT2D eigenvalue weighted by Crippen LogP contribution is 2.25. The summed E-state index contributed by atoms with van der Waals surface area (Å²) in [4.78, 5) is 13.0. The second-order valence-electron chi connectivity index (χ2n) is 2.93. The smallest absolute Gasteiger partial charge is 0.345 e. The number of hydrogen-bond donors (Lipinski definition) is 1. The standard InChI is InChI=1S/C10H12N2O2S/c1-2-12(7-3-6-11)9-5-4-8(15-9)10(13)14/h4-5H,2-3,7H2,1H3,(H,13,14). The molecule has 0 aliphatic heterocycles. The van der Waals surface area contributed by atoms with E-state index < -0.39 is 5.97 Å². The van der Waals surface area contributed by atoms with Gasteiger partial charge in [-0.05, 0) is 19.1 Å². The van der Waals surface area contributed by atoms with E-state index in [9.17, 15) is 4.79 Å². The minimum Gasteiger partial charge on any atom is -0.477 e. The third-order valence-electron chi connectivity index (χ3n) is 1.99. The van der Waals surface area contributed by atoms with Crippen molar-refractivity contribution in [3.05, 3.63) is 17.0 Å². The van der Waals surface area contributed by atoms with Gasteiger partial charge in [-0.25, -0.2) is 4.79 Å². The molecule has 0 unspecified atom stereocenters. The second-order valence-corrected chi connectivity index (χ2v) is 3.99. The van der Waals surface area contributed by atoms with Gasteiger partial charge in [-0.3, -0.25) is 0 Å². The van der Waals surface area contributed by atoms with Gasteiger partial charge < -0.3 is 10.0 Å². The predicted molar refractivity (Wildman–Crippen MR) is 59.4 cm³/mol. The molecule has 0 spiro atoms. The molecule has 0 radical (unpaired) electrons. The first kappa shape index (κ1) is 11.5. The predicted octanol–water partition coefficient (Wildman–Crippen LogP) is 2.19. The molecule has 1 rings (SSSR count). The van der Waals surface area contributed by atoms with Crippen molar-refractivity contribution in [2.45, 2.75) is 13.3 Å². The lowest BCUT2D eigenvalue weighted by Gasteiger charge is -2.18. The monoisotopic (exact) mass is 224 g/mol. The van der Waals surface area contributed by atoms with E-state index in [0.29, 0.717) is 17.8 Å². The molecule has 0 atom stereocenters. The fourth-order valence-corrected chi connectivity index (χ4v) is 2.16. The number of carboxylic acids is 1. The molecule has 5 heteroatoms. The van der Waals surface area contributed by atoms with Crippen molar-refractivity contribution >= 4 is 22.3 Å². The fourth-order valence-electron chi connectivity index (χ4n) is 1.22. The first-order chi connectivity index (χ1) is 7.19. The van der Waals surface area contributed by atoms with Crippen LogP contribution in [-0.4, -0.2) is 24.2 Å². The molecule has 4 nitrogen and oxygen atoms in total. The molecule has 1 aromatic rings. The zero-order valence-corrected chi connectivity index (χ0v) is 9.25. The highest BCUT2D eigenvalue weighted by Gasteiger charge is 2.10. The maximum atomic E-state index is 10.7. The molecule has 0 aliphatic carbocycles. The fraction of sp³-hybridized carbons (Fsp3) is 0.400. The number of carbonyl (C=O) groups is 1. The third-order valence-corrected chi connectivity index (χ3v) is 3.12. The Morgan fingerprint density at radius 3 is 2.87 bits per heavy atom. The summed E-state index contributed by atoms with van der Waals surface area (Å²) in [5, 5.41) is 18.2. The largest absolute Gasteiger partial charge is 0.477 e. The maximum Gasteiger partial charge on any atom is 0.345 e. The molecule has 0 aromatic carbocycles. The summed E-state index contributed by atoms with van der Waals surface area (Å²) in [6, 6.07) is 5.46. The van der Waals surface area contributed by atoms with E-state index in [-0.39, 0.29) is 0 Å². The Morgan fingerprint density at radius 1 is 1.67 bits per heavy atom. The Labute approximate surface area is 92.4 Å². The van der Waals surface area contributed by atoms with Crippen LogP contribution in [0.3, 0.4) is 0 Å². The lowest BCUT2D eigenvalue weighted by molar-refractivity contribution is 0.0702. The van der Waals surface area contributed by atoms with Crippen molar-refractivity contribution < 1.29 is 9.90 Å². The molecule has 0 saturated heterocycles. The maximum absolute atomic E-state index is 10.7. The number of nitrogens with zero attached hydrogens (tertiary/aromatic N) is 2. The van der Waals surface area contributed by atoms with Gasteiger partial charge in [0.25, 0.3) is 0 Å². The first-order valence-corrected chi connectivity index (χ1v) is 5.45. The third kappa shape index (κ3) is 2.96. The van der Waals surface area contributed by atoms with Gasteiger partial charge in [0.15, 0.2) is 0 Å². The topological polar surface area (TPSA) is 64.3 Å². The van der Waals surface area contributed by atoms with Crippen molar-refractivity contribution in [2.75, 3.05) is 18.0 Å². The van der Waals surface area contributed by atoms with Crippen molar-refractivity contribution in [2.24, 2.45) is 0 Å². The summed E-state index contributed by atoms with van der Waals surface area (Å²) in [6.45, 7) is 3.41. The molecule has 1 aromatic heterocycles. The number of thiophene rings is 1. The Kier molecular flexibility index (Phi) is 4.13. The van der Waals surface area contributed by atoms with E-state index in [1.165, 1.54) is 11.3 Å². The van der Waals surface area contributed by atoms with Crippen LogP contribution in [0.4, 0.5) is 5.00 Å². The van der Waals surface area contributed by atoms with Crippen LogP contribution in [0.25, 0.3) is 0 Å². The van der Waals surface area contributed by atoms with E-state index in [2.05, 4.69) is 6.07 Å². The quantitative estimate of drug-likeness (QED) is 0.832. The van der Waals surface area contributed by atoms with Gasteiger partial charge >= 0.3 is 5.97 Å². The molecule has 1 heterocycles. The number of carboxylic acid groups (broad SMARTS) is 1. The van der Waals surface area contributed by atoms with Gasteiger partial charge in [-0.15, -0.1) is 11.3 Å². The second kappa shape index (κ2) is 5.37. The summed E-state index contributed by atoms with van der Waals surface area (Å²) in [6.07, 6.45) is 0.453. The van der Waals surface area contributed by atoms with Crippen LogP contribution in [0.5, 0.6) is 0 Å². The molecule has 0 aliphatic rings. The molecule has 0 bridgehead atoms. The Balaban J connectivity index is 2.74. The molecule has 0 amide bonds. The van der Waals surface area contributed by atoms with Gasteiger partial charge in [0.2, 0.25) is 0 Å². The number of nitriles is 1. The first-order valence-electron chi connectivity index (χ1n) is 4.64. The molecule has 80 valence electrons. The normalized spacial score (nSPS) is 9.60. The minimum absolute atomic E-state index is 0.334. The highest BCUT2D eigenvalue weighted by molar-refractivity contribution is 7.17. The molecular formula is C10H12N2O2S. The van der Waals surface area contributed by atoms with Crippen LogP contribution in [0.1, 0.15) is 23.0 Å². The number of anilines is 1. The average Bonchev–Trinajstić information content (AvgIpc) is 2.68. The average molecular weight is 224 g/mol. The Morgan fingerprint density at radius 2 is 2.40 bits per heavy atom. The summed E-state index contributed by atoms with van der Waals surface area (Å²) in [5.74, 6) is -0.900. The minimum atomic E-state index is -0.900. The lowest BCUT2D eigenvalue weighted by Crippen LogP contribution is -2.22. The Hall–Kier alpha value is -1.54. The molecule has 0 fully saturated rings. The number of rotatable bonds is 5. The van der Waals surface area contributed by atoms with Crippen molar-refractivity contribution in [1.82, 2.24) is 0 Å². The van der Waals surface area contributed by atoms with Gasteiger partial charge in [-0.1, -0.05) is 0 Å². The zero-order valence-electron chi connectivity index (χ0n) is 8.43. The SMILES string of the molecule is CCN(CCC#N)c1ccc(C(=O)O)s1. The van der Waals surface area contributed by atoms with E-state index in [4.69, 9.17) is 10.4 Å². The molecular weight excluding hydrogens is 212 g/mol. The van der Waals surface area contributed by atoms with Crippen molar-refractivity contribution in [1.29, 1.82) is 5.26 Å². The summed E-state index contributed by atoms with van der Waals surface area (Å²) < 4.78 is 0. The van der Waals surface area contributed by atoms with E-state index in [1.54, 1.807) is 12.1 Å². The summed E-state index contributed by atoms with van der Waals surface area (Å²) in [5.41, 5.74) is 0. The number of hydrogen-bond acceptors (Lipinski definition) is 4. The van der Waals surface area contributed by atoms with Gasteiger partial charge in [0.05, 0.1) is 17.5 Å². The molecule has 0 saturated carbocycles. The lowest BCUT2D eigenvalue weighted by atomic mass is 10.4. The van der Waals surface area contributed by atoms with Gasteiger partial charge in [-0.2, -0.15) is 5.26 Å². The van der Waals surface area contributed by atoms with Crippen LogP contribution in [0.2, 0.25) is 0 Å². The van der Waals surface area contributed by atoms with Crippen molar-refractivity contribution in [3.63, 3.8) is 0 Å². The van der Waals surface area contributed by atoms with Gasteiger partial charge in [0.1, 0.15) is 4.88 Å². The van der Waals surface area contributed by atoms with Crippen LogP contribution in [-0.2, 0) is 0 Å².